The van der Waals surface area contributed by atoms with E-state index in [1.807, 2.05) is 52.0 Å². The van der Waals surface area contributed by atoms with Crippen LogP contribution in [0.1, 0.15) is 37.5 Å². The Labute approximate surface area is 198 Å². The maximum Gasteiger partial charge on any atom is 0.261 e. The molecule has 1 atom stereocenters. The van der Waals surface area contributed by atoms with E-state index >= 15 is 0 Å². The van der Waals surface area contributed by atoms with E-state index in [9.17, 15) is 9.59 Å². The van der Waals surface area contributed by atoms with Gasteiger partial charge in [-0.05, 0) is 67.6 Å². The van der Waals surface area contributed by atoms with E-state index in [1.54, 1.807) is 24.0 Å². The van der Waals surface area contributed by atoms with E-state index in [-0.39, 0.29) is 18.4 Å². The highest BCUT2D eigenvalue weighted by atomic mass is 79.9. The van der Waals surface area contributed by atoms with Crippen molar-refractivity contribution >= 4 is 39.3 Å². The van der Waals surface area contributed by atoms with Gasteiger partial charge in [0.2, 0.25) is 5.91 Å². The Kier molecular flexibility index (Phi) is 9.38. The molecule has 0 unspecified atom stereocenters. The Balaban J connectivity index is 2.17. The van der Waals surface area contributed by atoms with Gasteiger partial charge in [0.1, 0.15) is 11.8 Å². The minimum absolute atomic E-state index is 0.170. The lowest BCUT2D eigenvalue weighted by Gasteiger charge is -2.29. The quantitative estimate of drug-likeness (QED) is 0.500. The van der Waals surface area contributed by atoms with Crippen LogP contribution in [0.15, 0.2) is 40.9 Å². The molecule has 2 amide bonds. The Morgan fingerprint density at radius 3 is 2.35 bits per heavy atom. The highest BCUT2D eigenvalue weighted by Crippen LogP contribution is 2.26. The summed E-state index contributed by atoms with van der Waals surface area (Å²) >= 11 is 9.67. The van der Waals surface area contributed by atoms with Gasteiger partial charge in [-0.3, -0.25) is 9.59 Å². The van der Waals surface area contributed by atoms with Crippen molar-refractivity contribution in [3.05, 3.63) is 62.6 Å². The maximum absolute atomic E-state index is 13.1. The summed E-state index contributed by atoms with van der Waals surface area (Å²) in [6.07, 6.45) is 0. The molecule has 2 aromatic carbocycles. The first-order valence-corrected chi connectivity index (χ1v) is 11.5. The molecular weight excluding hydrogens is 480 g/mol. The van der Waals surface area contributed by atoms with Gasteiger partial charge in [0.15, 0.2) is 6.61 Å². The van der Waals surface area contributed by atoms with Gasteiger partial charge in [0, 0.05) is 22.6 Å². The van der Waals surface area contributed by atoms with Crippen molar-refractivity contribution in [1.29, 1.82) is 0 Å². The molecule has 31 heavy (non-hydrogen) atoms. The zero-order valence-corrected chi connectivity index (χ0v) is 21.0. The third-order valence-corrected chi connectivity index (χ3v) is 5.96. The molecule has 0 saturated heterocycles. The lowest BCUT2D eigenvalue weighted by Crippen LogP contribution is -2.49. The van der Waals surface area contributed by atoms with Crippen LogP contribution in [0, 0.1) is 19.8 Å². The van der Waals surface area contributed by atoms with E-state index in [1.165, 1.54) is 0 Å². The average molecular weight is 510 g/mol. The molecule has 0 radical (unpaired) electrons. The smallest absolute Gasteiger partial charge is 0.261 e. The predicted octanol–water partition coefficient (Wildman–Crippen LogP) is 5.29. The Hall–Kier alpha value is -2.05. The summed E-state index contributed by atoms with van der Waals surface area (Å²) in [5.74, 6) is 0.449. The average Bonchev–Trinajstić information content (AvgIpc) is 2.71. The summed E-state index contributed by atoms with van der Waals surface area (Å²) < 4.78 is 6.68. The number of amides is 2. The topological polar surface area (TPSA) is 58.6 Å². The monoisotopic (exact) mass is 508 g/mol. The highest BCUT2D eigenvalue weighted by Gasteiger charge is 2.26. The molecule has 1 N–H and O–H groups in total. The second-order valence-corrected chi connectivity index (χ2v) is 9.42. The molecule has 168 valence electrons. The third kappa shape index (κ3) is 7.54. The zero-order chi connectivity index (χ0) is 23.1. The Morgan fingerprint density at radius 1 is 1.13 bits per heavy atom. The molecule has 5 nitrogen and oxygen atoms in total. The summed E-state index contributed by atoms with van der Waals surface area (Å²) in [7, 11) is 0. The van der Waals surface area contributed by atoms with Gasteiger partial charge >= 0.3 is 0 Å². The van der Waals surface area contributed by atoms with E-state index in [4.69, 9.17) is 16.3 Å². The SMILES string of the molecule is Cc1cc(OCC(=O)N(Cc2cccc(Br)c2)[C@@H](C)C(=O)NCC(C)C)cc(C)c1Cl. The van der Waals surface area contributed by atoms with E-state index < -0.39 is 6.04 Å². The first-order valence-electron chi connectivity index (χ1n) is 10.3. The molecule has 0 aliphatic heterocycles. The van der Waals surface area contributed by atoms with Crippen molar-refractivity contribution in [1.82, 2.24) is 10.2 Å². The van der Waals surface area contributed by atoms with Gasteiger partial charge in [-0.25, -0.2) is 0 Å². The molecule has 0 fully saturated rings. The normalized spacial score (nSPS) is 11.9. The molecule has 2 aromatic rings. The summed E-state index contributed by atoms with van der Waals surface area (Å²) in [6.45, 7) is 10.3. The standard InChI is InChI=1S/C24H30BrClN2O3/c1-15(2)12-27-24(30)18(5)28(13-19-7-6-8-20(25)11-19)22(29)14-31-21-9-16(3)23(26)17(4)10-21/h6-11,15,18H,12-14H2,1-5H3,(H,27,30)/t18-/m0/s1. The minimum atomic E-state index is -0.637. The number of ether oxygens (including phenoxy) is 1. The number of carbonyl (C=O) groups is 2. The van der Waals surface area contributed by atoms with Crippen LogP contribution in [0.4, 0.5) is 0 Å². The zero-order valence-electron chi connectivity index (χ0n) is 18.7. The number of carbonyl (C=O) groups excluding carboxylic acids is 2. The van der Waals surface area contributed by atoms with Crippen LogP contribution >= 0.6 is 27.5 Å². The molecular formula is C24H30BrClN2O3. The molecule has 2 rings (SSSR count). The number of hydrogen-bond acceptors (Lipinski definition) is 3. The first-order chi connectivity index (χ1) is 14.6. The van der Waals surface area contributed by atoms with Crippen LogP contribution in [0.5, 0.6) is 5.75 Å². The van der Waals surface area contributed by atoms with E-state index in [0.717, 1.165) is 21.2 Å². The van der Waals surface area contributed by atoms with Crippen LogP contribution in [-0.4, -0.2) is 35.9 Å². The van der Waals surface area contributed by atoms with Gasteiger partial charge in [0.05, 0.1) is 0 Å². The lowest BCUT2D eigenvalue weighted by molar-refractivity contribution is -0.142. The summed E-state index contributed by atoms with van der Waals surface area (Å²) in [6, 6.07) is 10.7. The van der Waals surface area contributed by atoms with Crippen LogP contribution in [0.3, 0.4) is 0 Å². The fourth-order valence-corrected chi connectivity index (χ4v) is 3.64. The Bertz CT molecular complexity index is 910. The van der Waals surface area contributed by atoms with Gasteiger partial charge in [-0.2, -0.15) is 0 Å². The van der Waals surface area contributed by atoms with Crippen molar-refractivity contribution in [3.8, 4) is 5.75 Å². The molecule has 0 aliphatic rings. The van der Waals surface area contributed by atoms with Crippen molar-refractivity contribution < 1.29 is 14.3 Å². The maximum atomic E-state index is 13.1. The van der Waals surface area contributed by atoms with E-state index in [0.29, 0.717) is 29.8 Å². The van der Waals surface area contributed by atoms with Crippen molar-refractivity contribution in [2.45, 2.75) is 47.2 Å². The van der Waals surface area contributed by atoms with Crippen molar-refractivity contribution in [2.24, 2.45) is 5.92 Å². The van der Waals surface area contributed by atoms with Gasteiger partial charge < -0.3 is 15.0 Å². The number of hydrogen-bond donors (Lipinski definition) is 1. The molecule has 0 heterocycles. The van der Waals surface area contributed by atoms with Crippen LogP contribution in [-0.2, 0) is 16.1 Å². The molecule has 0 spiro atoms. The lowest BCUT2D eigenvalue weighted by atomic mass is 10.1. The summed E-state index contributed by atoms with van der Waals surface area (Å²) in [4.78, 5) is 27.3. The second-order valence-electron chi connectivity index (χ2n) is 8.13. The Morgan fingerprint density at radius 2 is 1.77 bits per heavy atom. The third-order valence-electron chi connectivity index (χ3n) is 4.87. The summed E-state index contributed by atoms with van der Waals surface area (Å²) in [5, 5.41) is 3.60. The number of nitrogens with zero attached hydrogens (tertiary/aromatic N) is 1. The fraction of sp³-hybridized carbons (Fsp3) is 0.417. The molecule has 0 saturated carbocycles. The van der Waals surface area contributed by atoms with Gasteiger partial charge in [-0.15, -0.1) is 0 Å². The number of aryl methyl sites for hydroxylation is 2. The number of benzene rings is 2. The molecule has 0 aliphatic carbocycles. The fourth-order valence-electron chi connectivity index (χ4n) is 3.08. The number of nitrogens with one attached hydrogen (secondary N) is 1. The highest BCUT2D eigenvalue weighted by molar-refractivity contribution is 9.10. The minimum Gasteiger partial charge on any atom is -0.484 e. The largest absolute Gasteiger partial charge is 0.484 e. The molecule has 0 bridgehead atoms. The summed E-state index contributed by atoms with van der Waals surface area (Å²) in [5.41, 5.74) is 2.69. The second kappa shape index (κ2) is 11.5. The first kappa shape index (κ1) is 25.2. The van der Waals surface area contributed by atoms with Crippen LogP contribution < -0.4 is 10.1 Å². The van der Waals surface area contributed by atoms with E-state index in [2.05, 4.69) is 21.2 Å². The molecule has 0 aromatic heterocycles. The van der Waals surface area contributed by atoms with Crippen LogP contribution in [0.2, 0.25) is 5.02 Å². The molecule has 7 heteroatoms. The van der Waals surface area contributed by atoms with Crippen molar-refractivity contribution in [2.75, 3.05) is 13.2 Å². The van der Waals surface area contributed by atoms with Crippen LogP contribution in [0.25, 0.3) is 0 Å². The van der Waals surface area contributed by atoms with Crippen molar-refractivity contribution in [3.63, 3.8) is 0 Å². The number of halogens is 2. The predicted molar refractivity (Wildman–Crippen MR) is 128 cm³/mol. The van der Waals surface area contributed by atoms with Gasteiger partial charge in [-0.1, -0.05) is 53.5 Å². The number of rotatable bonds is 9. The van der Waals surface area contributed by atoms with Gasteiger partial charge in [0.25, 0.3) is 5.91 Å².